The lowest BCUT2D eigenvalue weighted by atomic mass is 10.2. The fourth-order valence-electron chi connectivity index (χ4n) is 1.73. The molecule has 0 aliphatic carbocycles. The van der Waals surface area contributed by atoms with Crippen LogP contribution in [0, 0.1) is 0 Å². The zero-order chi connectivity index (χ0) is 12.3. The number of benzene rings is 1. The van der Waals surface area contributed by atoms with Crippen molar-refractivity contribution in [1.82, 2.24) is 4.98 Å². The number of aromatic nitrogens is 1. The Hall–Kier alpha value is -1.42. The zero-order valence-corrected chi connectivity index (χ0v) is 10.9. The Balaban J connectivity index is 2.47. The van der Waals surface area contributed by atoms with Gasteiger partial charge >= 0.3 is 0 Å². The second kappa shape index (κ2) is 5.27. The summed E-state index contributed by atoms with van der Waals surface area (Å²) < 4.78 is 0. The minimum absolute atomic E-state index is 0.851. The van der Waals surface area contributed by atoms with Crippen LogP contribution < -0.4 is 4.90 Å². The van der Waals surface area contributed by atoms with E-state index < -0.39 is 0 Å². The number of nitrogens with zero attached hydrogens (tertiary/aromatic N) is 1. The lowest BCUT2D eigenvalue weighted by Gasteiger charge is -2.15. The third-order valence-corrected chi connectivity index (χ3v) is 3.88. The van der Waals surface area contributed by atoms with Crippen LogP contribution in [0.15, 0.2) is 29.3 Å². The Kier molecular flexibility index (Phi) is 3.74. The van der Waals surface area contributed by atoms with Crippen LogP contribution in [0.1, 0.15) is 13.3 Å². The quantitative estimate of drug-likeness (QED) is 0.651. The number of nitrogens with one attached hydrogen (secondary N) is 1. The van der Waals surface area contributed by atoms with Gasteiger partial charge < -0.3 is 9.88 Å². The minimum Gasteiger partial charge on any atom is -0.361 e. The molecule has 2 aromatic rings. The molecule has 1 amide bonds. The highest BCUT2D eigenvalue weighted by Gasteiger charge is 2.09. The number of fused-ring (bicyclic) bond motifs is 1. The summed E-state index contributed by atoms with van der Waals surface area (Å²) in [6.07, 6.45) is 3.89. The summed E-state index contributed by atoms with van der Waals surface area (Å²) in [4.78, 5) is 16.9. The van der Waals surface area contributed by atoms with Gasteiger partial charge in [-0.1, -0.05) is 6.92 Å². The maximum Gasteiger partial charge on any atom is 0.213 e. The molecule has 17 heavy (non-hydrogen) atoms. The molecule has 0 spiro atoms. The molecule has 0 unspecified atom stereocenters. The zero-order valence-electron chi connectivity index (χ0n) is 10.1. The van der Waals surface area contributed by atoms with Crippen molar-refractivity contribution in [3.8, 4) is 0 Å². The molecule has 4 heteroatoms. The van der Waals surface area contributed by atoms with E-state index in [1.165, 1.54) is 0 Å². The van der Waals surface area contributed by atoms with Gasteiger partial charge in [0, 0.05) is 29.0 Å². The van der Waals surface area contributed by atoms with Crippen molar-refractivity contribution >= 4 is 34.8 Å². The average molecular weight is 248 g/mol. The molecular formula is C13H16N2OS. The lowest BCUT2D eigenvalue weighted by Crippen LogP contribution is -2.14. The molecular weight excluding hydrogens is 232 g/mol. The smallest absolute Gasteiger partial charge is 0.213 e. The van der Waals surface area contributed by atoms with Crippen molar-refractivity contribution in [3.05, 3.63) is 24.4 Å². The van der Waals surface area contributed by atoms with Crippen LogP contribution in [0.5, 0.6) is 0 Å². The Bertz CT molecular complexity index is 521. The fraction of sp³-hybridized carbons (Fsp3) is 0.308. The van der Waals surface area contributed by atoms with Gasteiger partial charge in [-0.2, -0.15) is 0 Å². The van der Waals surface area contributed by atoms with Gasteiger partial charge in [-0.05, 0) is 30.4 Å². The summed E-state index contributed by atoms with van der Waals surface area (Å²) in [6.45, 7) is 2.16. The summed E-state index contributed by atoms with van der Waals surface area (Å²) in [5, 5.41) is 1.13. The molecule has 1 N–H and O–H groups in total. The van der Waals surface area contributed by atoms with Crippen molar-refractivity contribution in [2.75, 3.05) is 17.7 Å². The van der Waals surface area contributed by atoms with E-state index in [9.17, 15) is 4.79 Å². The van der Waals surface area contributed by atoms with E-state index in [1.807, 2.05) is 12.3 Å². The fourth-order valence-corrected chi connectivity index (χ4v) is 2.70. The molecule has 0 atom stereocenters. The first-order valence-corrected chi connectivity index (χ1v) is 6.67. The number of carbonyl (C=O) groups is 1. The van der Waals surface area contributed by atoms with Gasteiger partial charge in [-0.3, -0.25) is 4.79 Å². The summed E-state index contributed by atoms with van der Waals surface area (Å²) in [6, 6.07) is 6.19. The average Bonchev–Trinajstić information content (AvgIpc) is 2.81. The van der Waals surface area contributed by atoms with Crippen LogP contribution in [0.4, 0.5) is 5.69 Å². The Morgan fingerprint density at radius 2 is 2.29 bits per heavy atom. The Labute approximate surface area is 105 Å². The van der Waals surface area contributed by atoms with E-state index in [-0.39, 0.29) is 0 Å². The predicted molar refractivity (Wildman–Crippen MR) is 73.8 cm³/mol. The van der Waals surface area contributed by atoms with Crippen molar-refractivity contribution in [2.24, 2.45) is 0 Å². The van der Waals surface area contributed by atoms with Gasteiger partial charge in [-0.25, -0.2) is 0 Å². The maximum atomic E-state index is 10.9. The second-order valence-corrected chi connectivity index (χ2v) is 5.09. The van der Waals surface area contributed by atoms with Gasteiger partial charge in [0.25, 0.3) is 0 Å². The third-order valence-electron chi connectivity index (χ3n) is 2.63. The van der Waals surface area contributed by atoms with Gasteiger partial charge in [0.2, 0.25) is 6.41 Å². The van der Waals surface area contributed by atoms with Crippen molar-refractivity contribution < 1.29 is 4.79 Å². The molecule has 1 heterocycles. The molecule has 0 aliphatic heterocycles. The van der Waals surface area contributed by atoms with Gasteiger partial charge in [0.05, 0.1) is 5.69 Å². The second-order valence-electron chi connectivity index (χ2n) is 3.95. The molecule has 1 aromatic carbocycles. The molecule has 0 bridgehead atoms. The van der Waals surface area contributed by atoms with Gasteiger partial charge in [0.15, 0.2) is 0 Å². The molecule has 0 fully saturated rings. The number of hydrogen-bond acceptors (Lipinski definition) is 2. The van der Waals surface area contributed by atoms with Crippen LogP contribution in [-0.4, -0.2) is 24.2 Å². The largest absolute Gasteiger partial charge is 0.361 e. The minimum atomic E-state index is 0.851. The number of H-pyrrole nitrogens is 1. The summed E-state index contributed by atoms with van der Waals surface area (Å²) in [5.41, 5.74) is 2.09. The van der Waals surface area contributed by atoms with Gasteiger partial charge in [-0.15, -0.1) is 11.8 Å². The SMILES string of the molecule is CCCSc1cc2[nH]ccc2cc1N(C)C=O. The first kappa shape index (κ1) is 12.0. The molecule has 0 radical (unpaired) electrons. The standard InChI is InChI=1S/C13H16N2OS/c1-3-6-17-13-8-11-10(4-5-14-11)7-12(13)15(2)9-16/h4-5,7-9,14H,3,6H2,1-2H3. The molecule has 3 nitrogen and oxygen atoms in total. The number of anilines is 1. The number of amides is 1. The Morgan fingerprint density at radius 1 is 1.47 bits per heavy atom. The lowest BCUT2D eigenvalue weighted by molar-refractivity contribution is -0.107. The highest BCUT2D eigenvalue weighted by Crippen LogP contribution is 2.33. The predicted octanol–water partition coefficient (Wildman–Crippen LogP) is 3.26. The van der Waals surface area contributed by atoms with E-state index in [0.29, 0.717) is 0 Å². The van der Waals surface area contributed by atoms with Crippen LogP contribution in [-0.2, 0) is 4.79 Å². The summed E-state index contributed by atoms with van der Waals surface area (Å²) in [5.74, 6) is 1.06. The number of aromatic amines is 1. The van der Waals surface area contributed by atoms with Gasteiger partial charge in [0.1, 0.15) is 0 Å². The number of rotatable bonds is 5. The van der Waals surface area contributed by atoms with E-state index >= 15 is 0 Å². The molecule has 0 saturated carbocycles. The van der Waals surface area contributed by atoms with Crippen molar-refractivity contribution in [2.45, 2.75) is 18.2 Å². The van der Waals surface area contributed by atoms with E-state index in [2.05, 4.69) is 24.0 Å². The number of carbonyl (C=O) groups excluding carboxylic acids is 1. The van der Waals surface area contributed by atoms with Crippen molar-refractivity contribution in [1.29, 1.82) is 0 Å². The Morgan fingerprint density at radius 3 is 3.00 bits per heavy atom. The highest BCUT2D eigenvalue weighted by atomic mass is 32.2. The summed E-state index contributed by atoms with van der Waals surface area (Å²) >= 11 is 1.79. The van der Waals surface area contributed by atoms with E-state index in [0.717, 1.165) is 40.1 Å². The first-order valence-electron chi connectivity index (χ1n) is 5.68. The normalized spacial score (nSPS) is 10.7. The molecule has 0 saturated heterocycles. The first-order chi connectivity index (χ1) is 8.26. The maximum absolute atomic E-state index is 10.9. The van der Waals surface area contributed by atoms with Crippen LogP contribution in [0.25, 0.3) is 10.9 Å². The molecule has 90 valence electrons. The van der Waals surface area contributed by atoms with E-state index in [1.54, 1.807) is 23.7 Å². The highest BCUT2D eigenvalue weighted by molar-refractivity contribution is 7.99. The van der Waals surface area contributed by atoms with E-state index in [4.69, 9.17) is 0 Å². The molecule has 2 rings (SSSR count). The van der Waals surface area contributed by atoms with Crippen molar-refractivity contribution in [3.63, 3.8) is 0 Å². The number of thioether (sulfide) groups is 1. The van der Waals surface area contributed by atoms with Crippen LogP contribution >= 0.6 is 11.8 Å². The van der Waals surface area contributed by atoms with Crippen LogP contribution in [0.3, 0.4) is 0 Å². The summed E-state index contributed by atoms with van der Waals surface area (Å²) in [7, 11) is 1.79. The topological polar surface area (TPSA) is 36.1 Å². The number of hydrogen-bond donors (Lipinski definition) is 1. The molecule has 0 aliphatic rings. The van der Waals surface area contributed by atoms with Crippen LogP contribution in [0.2, 0.25) is 0 Å². The third kappa shape index (κ3) is 2.47. The monoisotopic (exact) mass is 248 g/mol. The molecule has 1 aromatic heterocycles.